The molecule has 1 N–H and O–H groups in total. The number of aryl methyl sites for hydroxylation is 1. The molecule has 1 aliphatic carbocycles. The zero-order chi connectivity index (χ0) is 23.8. The van der Waals surface area contributed by atoms with Crippen molar-refractivity contribution >= 4 is 30.0 Å². The summed E-state index contributed by atoms with van der Waals surface area (Å²) < 4.78 is 17.0. The molecule has 1 aliphatic rings. The largest absolute Gasteiger partial charge is 0.368 e. The highest BCUT2D eigenvalue weighted by molar-refractivity contribution is 6.76. The first-order chi connectivity index (χ1) is 15.7. The molecule has 1 unspecified atom stereocenters. The molecule has 1 saturated carbocycles. The van der Waals surface area contributed by atoms with Crippen LogP contribution in [-0.4, -0.2) is 47.3 Å². The van der Waals surface area contributed by atoms with Gasteiger partial charge in [-0.05, 0) is 37.8 Å². The maximum atomic E-state index is 12.9. The maximum absolute atomic E-state index is 12.9. The van der Waals surface area contributed by atoms with Gasteiger partial charge in [0.25, 0.3) is 0 Å². The molecular weight excluding hydrogens is 436 g/mol. The van der Waals surface area contributed by atoms with Crippen LogP contribution in [-0.2, 0) is 23.3 Å². The lowest BCUT2D eigenvalue weighted by Crippen LogP contribution is -2.46. The average Bonchev–Trinajstić information content (AvgIpc) is 3.21. The Morgan fingerprint density at radius 1 is 1.24 bits per heavy atom. The number of aliphatic hydroxyl groups excluding tert-OH is 1. The molecule has 3 aromatic rings. The number of hydrogen-bond acceptors (Lipinski definition) is 5. The van der Waals surface area contributed by atoms with Crippen LogP contribution in [0.3, 0.4) is 0 Å². The van der Waals surface area contributed by atoms with Crippen LogP contribution in [0.25, 0.3) is 21.9 Å². The molecule has 0 amide bonds. The molecule has 1 atom stereocenters. The van der Waals surface area contributed by atoms with Gasteiger partial charge < -0.3 is 19.1 Å². The number of methoxy groups -OCH3 is 1. The van der Waals surface area contributed by atoms with E-state index in [1.54, 1.807) is 24.9 Å². The smallest absolute Gasteiger partial charge is 0.346 e. The quantitative estimate of drug-likeness (QED) is 0.235. The second-order valence-corrected chi connectivity index (χ2v) is 16.1. The van der Waals surface area contributed by atoms with Crippen LogP contribution in [0.4, 0.5) is 0 Å². The Kier molecular flexibility index (Phi) is 7.04. The lowest BCUT2D eigenvalue weighted by molar-refractivity contribution is -0.705. The molecule has 0 saturated heterocycles. The zero-order valence-corrected chi connectivity index (χ0v) is 21.5. The van der Waals surface area contributed by atoms with Crippen molar-refractivity contribution in [3.8, 4) is 0 Å². The molecule has 4 rings (SSSR count). The highest BCUT2D eigenvalue weighted by Gasteiger charge is 2.31. The van der Waals surface area contributed by atoms with E-state index in [4.69, 9.17) is 9.47 Å². The number of rotatable bonds is 8. The average molecular weight is 474 g/mol. The fourth-order valence-corrected chi connectivity index (χ4v) is 5.58. The molecule has 0 spiro atoms. The third kappa shape index (κ3) is 5.06. The third-order valence-electron chi connectivity index (χ3n) is 6.87. The van der Waals surface area contributed by atoms with Gasteiger partial charge in [0, 0.05) is 40.1 Å². The minimum Gasteiger partial charge on any atom is -0.368 e. The lowest BCUT2D eigenvalue weighted by atomic mass is 9.85. The van der Waals surface area contributed by atoms with Crippen molar-refractivity contribution in [1.82, 2.24) is 14.1 Å². The molecule has 3 heterocycles. The fourth-order valence-electron chi connectivity index (χ4n) is 4.83. The molecule has 0 bridgehead atoms. The topological polar surface area (TPSA) is 82.4 Å². The van der Waals surface area contributed by atoms with Crippen molar-refractivity contribution in [2.75, 3.05) is 13.7 Å². The van der Waals surface area contributed by atoms with Crippen molar-refractivity contribution in [2.24, 2.45) is 13.0 Å². The predicted molar refractivity (Wildman–Crippen MR) is 131 cm³/mol. The summed E-state index contributed by atoms with van der Waals surface area (Å²) in [6.45, 7) is 8.24. The van der Waals surface area contributed by atoms with E-state index in [9.17, 15) is 9.90 Å². The summed E-state index contributed by atoms with van der Waals surface area (Å²) in [7, 11) is 2.21. The third-order valence-corrected chi connectivity index (χ3v) is 8.58. The molecule has 3 aromatic heterocycles. The van der Waals surface area contributed by atoms with E-state index >= 15 is 0 Å². The minimum absolute atomic E-state index is 0.0433. The molecule has 0 radical (unpaired) electrons. The van der Waals surface area contributed by atoms with E-state index in [-0.39, 0.29) is 17.5 Å². The molecule has 1 fully saturated rings. The highest BCUT2D eigenvalue weighted by atomic mass is 28.3. The van der Waals surface area contributed by atoms with Crippen LogP contribution < -0.4 is 10.1 Å². The Labute approximate surface area is 195 Å². The highest BCUT2D eigenvalue weighted by Crippen LogP contribution is 2.32. The molecule has 9 heteroatoms. The summed E-state index contributed by atoms with van der Waals surface area (Å²) in [6.07, 6.45) is 8.53. The van der Waals surface area contributed by atoms with E-state index in [1.807, 2.05) is 23.2 Å². The molecule has 0 aliphatic heterocycles. The van der Waals surface area contributed by atoms with Gasteiger partial charge in [-0.15, -0.1) is 0 Å². The Balaban J connectivity index is 1.67. The first-order valence-electron chi connectivity index (χ1n) is 11.9. The zero-order valence-electron chi connectivity index (χ0n) is 20.5. The van der Waals surface area contributed by atoms with E-state index in [1.165, 1.54) is 0 Å². The maximum Gasteiger partial charge on any atom is 0.346 e. The SMILES string of the molecule is COC(O)C1CCC([n+]2cn(C)c(=O)c3cnc4c(ccn4COCC[Si](C)(C)C)c32)CC1. The summed E-state index contributed by atoms with van der Waals surface area (Å²) in [5.74, 6) is 0.154. The number of pyridine rings is 1. The van der Waals surface area contributed by atoms with E-state index in [0.717, 1.165) is 54.9 Å². The summed E-state index contributed by atoms with van der Waals surface area (Å²) in [5, 5.41) is 11.7. The van der Waals surface area contributed by atoms with Gasteiger partial charge in [0.05, 0.1) is 12.4 Å². The second-order valence-electron chi connectivity index (χ2n) is 10.5. The molecule has 33 heavy (non-hydrogen) atoms. The monoisotopic (exact) mass is 473 g/mol. The van der Waals surface area contributed by atoms with Gasteiger partial charge in [0.15, 0.2) is 11.8 Å². The van der Waals surface area contributed by atoms with Crippen molar-refractivity contribution in [3.63, 3.8) is 0 Å². The van der Waals surface area contributed by atoms with E-state index < -0.39 is 14.4 Å². The number of aliphatic hydroxyl groups is 1. The lowest BCUT2D eigenvalue weighted by Gasteiger charge is -2.30. The van der Waals surface area contributed by atoms with Crippen LogP contribution in [0, 0.1) is 5.92 Å². The van der Waals surface area contributed by atoms with Crippen molar-refractivity contribution in [1.29, 1.82) is 0 Å². The summed E-state index contributed by atoms with van der Waals surface area (Å²) in [4.78, 5) is 17.6. The van der Waals surface area contributed by atoms with Gasteiger partial charge in [0.2, 0.25) is 6.33 Å². The van der Waals surface area contributed by atoms with Crippen molar-refractivity contribution in [2.45, 2.75) is 70.4 Å². The van der Waals surface area contributed by atoms with Gasteiger partial charge in [-0.1, -0.05) is 19.6 Å². The second kappa shape index (κ2) is 9.66. The van der Waals surface area contributed by atoms with E-state index in [0.29, 0.717) is 12.1 Å². The van der Waals surface area contributed by atoms with Gasteiger partial charge >= 0.3 is 5.56 Å². The fraction of sp³-hybridized carbons (Fsp3) is 0.625. The number of nitrogens with zero attached hydrogens (tertiary/aromatic N) is 4. The molecule has 0 aromatic carbocycles. The van der Waals surface area contributed by atoms with Gasteiger partial charge in [-0.25, -0.2) is 18.9 Å². The summed E-state index contributed by atoms with van der Waals surface area (Å²) in [6, 6.07) is 3.42. The van der Waals surface area contributed by atoms with Crippen molar-refractivity contribution < 1.29 is 19.1 Å². The van der Waals surface area contributed by atoms with Crippen LogP contribution in [0.1, 0.15) is 31.7 Å². The first-order valence-corrected chi connectivity index (χ1v) is 15.6. The number of fused-ring (bicyclic) bond motifs is 3. The number of ether oxygens (including phenoxy) is 2. The van der Waals surface area contributed by atoms with Crippen LogP contribution in [0.2, 0.25) is 25.7 Å². The van der Waals surface area contributed by atoms with Crippen LogP contribution in [0.15, 0.2) is 29.6 Å². The normalized spacial score (nSPS) is 20.5. The summed E-state index contributed by atoms with van der Waals surface area (Å²) >= 11 is 0. The van der Waals surface area contributed by atoms with Crippen LogP contribution >= 0.6 is 0 Å². The molecule has 180 valence electrons. The van der Waals surface area contributed by atoms with E-state index in [2.05, 4.69) is 29.2 Å². The molecule has 8 nitrogen and oxygen atoms in total. The first kappa shape index (κ1) is 24.1. The Hall–Kier alpha value is -2.07. The molecular formula is C24H37N4O4Si+. The summed E-state index contributed by atoms with van der Waals surface area (Å²) in [5.41, 5.74) is 1.72. The Bertz CT molecular complexity index is 1180. The van der Waals surface area contributed by atoms with Crippen LogP contribution in [0.5, 0.6) is 0 Å². The van der Waals surface area contributed by atoms with Gasteiger partial charge in [-0.3, -0.25) is 0 Å². The van der Waals surface area contributed by atoms with Gasteiger partial charge in [0.1, 0.15) is 23.8 Å². The van der Waals surface area contributed by atoms with Gasteiger partial charge in [-0.2, -0.15) is 0 Å². The Morgan fingerprint density at radius 3 is 2.64 bits per heavy atom. The minimum atomic E-state index is -1.14. The standard InChI is InChI=1S/C24H37N4O4Si/c1-26-15-28(18-8-6-17(7-9-18)24(30)31-2)21-19-10-11-27(16-32-12-13-33(3,4)5)22(19)25-14-20(21)23(26)29/h10-11,14-15,17-18,24,30H,6-9,12-13,16H2,1-5H3/q+1. The predicted octanol–water partition coefficient (Wildman–Crippen LogP) is 3.18. The Morgan fingerprint density at radius 2 is 1.97 bits per heavy atom. The van der Waals surface area contributed by atoms with Crippen molar-refractivity contribution in [3.05, 3.63) is 35.1 Å². The number of aromatic nitrogens is 4. The number of hydrogen-bond donors (Lipinski definition) is 1.